The van der Waals surface area contributed by atoms with E-state index >= 15 is 0 Å². The van der Waals surface area contributed by atoms with Gasteiger partial charge in [0, 0.05) is 19.1 Å². The minimum absolute atomic E-state index is 0.223. The summed E-state index contributed by atoms with van der Waals surface area (Å²) in [6.45, 7) is 6.62. The van der Waals surface area contributed by atoms with E-state index in [9.17, 15) is 4.79 Å². The molecule has 0 aromatic rings. The summed E-state index contributed by atoms with van der Waals surface area (Å²) in [5.41, 5.74) is 0. The number of carbonyl (C=O) groups excluding carboxylic acids is 1. The second-order valence-electron chi connectivity index (χ2n) is 3.64. The van der Waals surface area contributed by atoms with Crippen molar-refractivity contribution in [3.63, 3.8) is 0 Å². The summed E-state index contributed by atoms with van der Waals surface area (Å²) in [5.74, 6) is -0.223. The Kier molecular flexibility index (Phi) is 3.84. The lowest BCUT2D eigenvalue weighted by Gasteiger charge is -2.14. The van der Waals surface area contributed by atoms with E-state index in [0.29, 0.717) is 12.6 Å². The molecule has 0 radical (unpaired) electrons. The fourth-order valence-corrected chi connectivity index (χ4v) is 1.25. The van der Waals surface area contributed by atoms with Gasteiger partial charge in [0.25, 0.3) is 0 Å². The Morgan fingerprint density at radius 3 is 2.69 bits per heavy atom. The van der Waals surface area contributed by atoms with Gasteiger partial charge in [-0.3, -0.25) is 15.0 Å². The second kappa shape index (κ2) is 4.69. The predicted octanol–water partition coefficient (Wildman–Crippen LogP) is -0.422. The van der Waals surface area contributed by atoms with Gasteiger partial charge >= 0.3 is 0 Å². The SMILES string of the molecule is CC(=O)C(O)NCCC(C)N1CC1. The molecular weight excluding hydrogens is 168 g/mol. The number of nitrogens with zero attached hydrogens (tertiary/aromatic N) is 1. The molecule has 2 unspecified atom stereocenters. The van der Waals surface area contributed by atoms with Crippen molar-refractivity contribution in [3.8, 4) is 0 Å². The Labute approximate surface area is 78.9 Å². The van der Waals surface area contributed by atoms with Crippen LogP contribution >= 0.6 is 0 Å². The molecule has 1 rings (SSSR count). The Bertz CT molecular complexity index is 180. The van der Waals surface area contributed by atoms with Crippen LogP contribution in [0.2, 0.25) is 0 Å². The van der Waals surface area contributed by atoms with Crippen LogP contribution < -0.4 is 5.32 Å². The highest BCUT2D eigenvalue weighted by molar-refractivity contribution is 5.79. The van der Waals surface area contributed by atoms with Gasteiger partial charge in [0.15, 0.2) is 12.0 Å². The summed E-state index contributed by atoms with van der Waals surface area (Å²) in [7, 11) is 0. The van der Waals surface area contributed by atoms with Crippen LogP contribution in [0.3, 0.4) is 0 Å². The van der Waals surface area contributed by atoms with Crippen LogP contribution in [0, 0.1) is 0 Å². The quantitative estimate of drug-likeness (QED) is 0.437. The first-order valence-corrected chi connectivity index (χ1v) is 4.77. The highest BCUT2D eigenvalue weighted by Gasteiger charge is 2.23. The summed E-state index contributed by atoms with van der Waals surface area (Å²) >= 11 is 0. The van der Waals surface area contributed by atoms with E-state index in [4.69, 9.17) is 5.11 Å². The summed E-state index contributed by atoms with van der Waals surface area (Å²) in [6.07, 6.45) is -0.00828. The highest BCUT2D eigenvalue weighted by Crippen LogP contribution is 2.11. The second-order valence-corrected chi connectivity index (χ2v) is 3.64. The standard InChI is InChI=1S/C9H18N2O2/c1-7(11-5-6-11)3-4-10-9(13)8(2)12/h7,9-10,13H,3-6H2,1-2H3. The third kappa shape index (κ3) is 3.85. The van der Waals surface area contributed by atoms with E-state index in [1.165, 1.54) is 20.0 Å². The fourth-order valence-electron chi connectivity index (χ4n) is 1.25. The Morgan fingerprint density at radius 1 is 1.62 bits per heavy atom. The molecular formula is C9H18N2O2. The van der Waals surface area contributed by atoms with Gasteiger partial charge in [-0.2, -0.15) is 0 Å². The molecule has 0 spiro atoms. The molecule has 2 N–H and O–H groups in total. The highest BCUT2D eigenvalue weighted by atomic mass is 16.3. The summed E-state index contributed by atoms with van der Waals surface area (Å²) in [6, 6.07) is 0.562. The molecule has 0 aliphatic carbocycles. The molecule has 0 aromatic heterocycles. The molecule has 1 aliphatic heterocycles. The van der Waals surface area contributed by atoms with Gasteiger partial charge in [-0.25, -0.2) is 0 Å². The number of carbonyl (C=O) groups is 1. The van der Waals surface area contributed by atoms with Crippen LogP contribution in [0.5, 0.6) is 0 Å². The normalized spacial score (nSPS) is 21.2. The molecule has 4 nitrogen and oxygen atoms in total. The van der Waals surface area contributed by atoms with E-state index in [0.717, 1.165) is 6.42 Å². The molecule has 1 fully saturated rings. The zero-order valence-electron chi connectivity index (χ0n) is 8.29. The van der Waals surface area contributed by atoms with E-state index < -0.39 is 6.23 Å². The topological polar surface area (TPSA) is 52.3 Å². The number of aliphatic hydroxyl groups excluding tert-OH is 1. The van der Waals surface area contributed by atoms with Crippen molar-refractivity contribution in [1.29, 1.82) is 0 Å². The van der Waals surface area contributed by atoms with E-state index in [1.54, 1.807) is 0 Å². The lowest BCUT2D eigenvalue weighted by Crippen LogP contribution is -2.37. The van der Waals surface area contributed by atoms with Crippen LogP contribution in [0.15, 0.2) is 0 Å². The van der Waals surface area contributed by atoms with Crippen LogP contribution in [0.4, 0.5) is 0 Å². The molecule has 76 valence electrons. The van der Waals surface area contributed by atoms with Crippen molar-refractivity contribution >= 4 is 5.78 Å². The molecule has 0 bridgehead atoms. The number of Topliss-reactive ketones (excluding diaryl/α,β-unsaturated/α-hetero) is 1. The summed E-state index contributed by atoms with van der Waals surface area (Å²) in [4.78, 5) is 13.0. The van der Waals surface area contributed by atoms with Gasteiger partial charge in [0.1, 0.15) is 0 Å². The van der Waals surface area contributed by atoms with Crippen molar-refractivity contribution in [2.24, 2.45) is 0 Å². The number of aliphatic hydroxyl groups is 1. The first kappa shape index (κ1) is 10.6. The van der Waals surface area contributed by atoms with Crippen LogP contribution in [0.25, 0.3) is 0 Å². The molecule has 0 aromatic carbocycles. The molecule has 1 aliphatic rings. The van der Waals surface area contributed by atoms with Gasteiger partial charge in [0.2, 0.25) is 0 Å². The van der Waals surface area contributed by atoms with Gasteiger partial charge in [-0.1, -0.05) is 0 Å². The zero-order valence-corrected chi connectivity index (χ0v) is 8.29. The number of ketones is 1. The first-order chi connectivity index (χ1) is 6.11. The predicted molar refractivity (Wildman–Crippen MR) is 50.3 cm³/mol. The van der Waals surface area contributed by atoms with Crippen molar-refractivity contribution in [1.82, 2.24) is 10.2 Å². The lowest BCUT2D eigenvalue weighted by molar-refractivity contribution is -0.126. The average molecular weight is 186 g/mol. The molecule has 4 heteroatoms. The lowest BCUT2D eigenvalue weighted by atomic mass is 10.2. The average Bonchev–Trinajstić information content (AvgIpc) is 2.85. The molecule has 0 saturated carbocycles. The zero-order chi connectivity index (χ0) is 9.84. The Hall–Kier alpha value is -0.450. The van der Waals surface area contributed by atoms with Gasteiger partial charge in [-0.05, 0) is 26.8 Å². The number of rotatable bonds is 6. The van der Waals surface area contributed by atoms with Gasteiger partial charge < -0.3 is 5.11 Å². The molecule has 1 heterocycles. The third-order valence-corrected chi connectivity index (χ3v) is 2.39. The third-order valence-electron chi connectivity index (χ3n) is 2.39. The van der Waals surface area contributed by atoms with Crippen LogP contribution in [-0.4, -0.2) is 47.7 Å². The van der Waals surface area contributed by atoms with Crippen molar-refractivity contribution in [2.75, 3.05) is 19.6 Å². The van der Waals surface area contributed by atoms with E-state index in [2.05, 4.69) is 17.1 Å². The molecule has 13 heavy (non-hydrogen) atoms. The van der Waals surface area contributed by atoms with Crippen molar-refractivity contribution in [2.45, 2.75) is 32.5 Å². The monoisotopic (exact) mass is 186 g/mol. The number of hydrogen-bond donors (Lipinski definition) is 2. The fraction of sp³-hybridized carbons (Fsp3) is 0.889. The van der Waals surface area contributed by atoms with Crippen molar-refractivity contribution < 1.29 is 9.90 Å². The van der Waals surface area contributed by atoms with Crippen molar-refractivity contribution in [3.05, 3.63) is 0 Å². The molecule has 1 saturated heterocycles. The summed E-state index contributed by atoms with van der Waals surface area (Å²) in [5, 5.41) is 11.9. The molecule has 0 amide bonds. The largest absolute Gasteiger partial charge is 0.371 e. The summed E-state index contributed by atoms with van der Waals surface area (Å²) < 4.78 is 0. The minimum Gasteiger partial charge on any atom is -0.371 e. The van der Waals surface area contributed by atoms with Crippen LogP contribution in [-0.2, 0) is 4.79 Å². The number of hydrogen-bond acceptors (Lipinski definition) is 4. The van der Waals surface area contributed by atoms with E-state index in [-0.39, 0.29) is 5.78 Å². The maximum atomic E-state index is 10.6. The molecule has 2 atom stereocenters. The maximum absolute atomic E-state index is 10.6. The first-order valence-electron chi connectivity index (χ1n) is 4.77. The smallest absolute Gasteiger partial charge is 0.173 e. The van der Waals surface area contributed by atoms with Crippen LogP contribution in [0.1, 0.15) is 20.3 Å². The van der Waals surface area contributed by atoms with E-state index in [1.807, 2.05) is 0 Å². The Balaban J connectivity index is 2.02. The van der Waals surface area contributed by atoms with Gasteiger partial charge in [-0.15, -0.1) is 0 Å². The Morgan fingerprint density at radius 2 is 2.23 bits per heavy atom. The maximum Gasteiger partial charge on any atom is 0.173 e. The number of nitrogens with one attached hydrogen (secondary N) is 1. The minimum atomic E-state index is -0.985. The van der Waals surface area contributed by atoms with Gasteiger partial charge in [0.05, 0.1) is 0 Å².